The summed E-state index contributed by atoms with van der Waals surface area (Å²) in [7, 11) is 0. The normalized spacial score (nSPS) is 9.75. The van der Waals surface area contributed by atoms with E-state index in [0.29, 0.717) is 3.57 Å². The Labute approximate surface area is 80.1 Å². The Bertz CT molecular complexity index is 333. The van der Waals surface area contributed by atoms with E-state index in [-0.39, 0.29) is 5.56 Å². The fraction of sp³-hybridized carbons (Fsp3) is 0.125. The van der Waals surface area contributed by atoms with Crippen molar-refractivity contribution in [3.8, 4) is 0 Å². The molecule has 1 rings (SSSR count). The number of aryl methyl sites for hydroxylation is 1. The number of carboxylic acids is 1. The summed E-state index contributed by atoms with van der Waals surface area (Å²) in [5.74, 6) is -1.01. The quantitative estimate of drug-likeness (QED) is 0.843. The molecule has 0 aliphatic rings. The molecule has 12 heavy (non-hydrogen) atoms. The number of carbonyl (C=O) groups is 1. The molecular formula is C8H7IO3. The SMILES string of the molecule is Cc1ccc(C(=O)O)c(I=O)c1. The van der Waals surface area contributed by atoms with E-state index in [1.54, 1.807) is 12.1 Å². The Morgan fingerprint density at radius 2 is 2.17 bits per heavy atom. The third-order valence-corrected chi connectivity index (χ3v) is 2.81. The molecule has 0 spiro atoms. The molecule has 1 aromatic rings. The lowest BCUT2D eigenvalue weighted by Crippen LogP contribution is -1.99. The zero-order chi connectivity index (χ0) is 9.14. The van der Waals surface area contributed by atoms with Crippen LogP contribution in [0.3, 0.4) is 0 Å². The molecule has 0 aromatic heterocycles. The van der Waals surface area contributed by atoms with Crippen LogP contribution in [0.15, 0.2) is 18.2 Å². The maximum atomic E-state index is 10.7. The first-order valence-corrected chi connectivity index (χ1v) is 5.22. The predicted molar refractivity (Wildman–Crippen MR) is 51.5 cm³/mol. The molecular weight excluding hydrogens is 271 g/mol. The van der Waals surface area contributed by atoms with Crippen LogP contribution in [0.25, 0.3) is 0 Å². The molecule has 0 aliphatic carbocycles. The van der Waals surface area contributed by atoms with Gasteiger partial charge in [-0.2, -0.15) is 0 Å². The van der Waals surface area contributed by atoms with Crippen molar-refractivity contribution in [1.82, 2.24) is 0 Å². The van der Waals surface area contributed by atoms with Crippen LogP contribution in [-0.4, -0.2) is 11.1 Å². The number of hydrogen-bond donors (Lipinski definition) is 1. The smallest absolute Gasteiger partial charge is 0.336 e. The molecule has 0 amide bonds. The van der Waals surface area contributed by atoms with Gasteiger partial charge < -0.3 is 5.11 Å². The van der Waals surface area contributed by atoms with E-state index in [1.807, 2.05) is 6.92 Å². The van der Waals surface area contributed by atoms with Crippen molar-refractivity contribution in [1.29, 1.82) is 0 Å². The molecule has 0 saturated heterocycles. The van der Waals surface area contributed by atoms with Crippen LogP contribution in [0.1, 0.15) is 15.9 Å². The highest BCUT2D eigenvalue weighted by molar-refractivity contribution is 14.1. The zero-order valence-electron chi connectivity index (χ0n) is 6.37. The minimum atomic E-state index is -1.39. The lowest BCUT2D eigenvalue weighted by atomic mass is 10.2. The summed E-state index contributed by atoms with van der Waals surface area (Å²) in [6.07, 6.45) is 0. The second-order valence-corrected chi connectivity index (χ2v) is 3.97. The van der Waals surface area contributed by atoms with Gasteiger partial charge in [0.05, 0.1) is 9.13 Å². The van der Waals surface area contributed by atoms with Crippen molar-refractivity contribution in [2.24, 2.45) is 0 Å². The summed E-state index contributed by atoms with van der Waals surface area (Å²) in [6.45, 7) is 1.84. The molecule has 0 unspecified atom stereocenters. The highest BCUT2D eigenvalue weighted by atomic mass is 127. The van der Waals surface area contributed by atoms with Crippen LogP contribution in [0.5, 0.6) is 0 Å². The number of aromatic carboxylic acids is 1. The van der Waals surface area contributed by atoms with Crippen molar-refractivity contribution < 1.29 is 13.0 Å². The fourth-order valence-electron chi connectivity index (χ4n) is 0.857. The van der Waals surface area contributed by atoms with E-state index in [4.69, 9.17) is 5.11 Å². The summed E-state index contributed by atoms with van der Waals surface area (Å²) in [5, 5.41) is 8.67. The van der Waals surface area contributed by atoms with E-state index in [2.05, 4.69) is 0 Å². The molecule has 0 atom stereocenters. The average molecular weight is 278 g/mol. The van der Waals surface area contributed by atoms with Crippen LogP contribution >= 0.6 is 21.2 Å². The number of halogens is 1. The number of carboxylic acid groups (broad SMARTS) is 1. The molecule has 3 nitrogen and oxygen atoms in total. The lowest BCUT2D eigenvalue weighted by molar-refractivity contribution is 0.0695. The second-order valence-electron chi connectivity index (χ2n) is 2.37. The summed E-state index contributed by atoms with van der Waals surface area (Å²) >= 11 is -1.39. The molecule has 0 fully saturated rings. The van der Waals surface area contributed by atoms with Gasteiger partial charge in [-0.05, 0) is 24.6 Å². The van der Waals surface area contributed by atoms with Gasteiger partial charge in [0.25, 0.3) is 0 Å². The van der Waals surface area contributed by atoms with Gasteiger partial charge in [0.1, 0.15) is 0 Å². The summed E-state index contributed by atoms with van der Waals surface area (Å²) in [5.41, 5.74) is 1.09. The molecule has 0 radical (unpaired) electrons. The number of hydrogen-bond acceptors (Lipinski definition) is 2. The van der Waals surface area contributed by atoms with Gasteiger partial charge in [-0.1, -0.05) is 6.07 Å². The lowest BCUT2D eigenvalue weighted by Gasteiger charge is -1.98. The van der Waals surface area contributed by atoms with Crippen molar-refractivity contribution in [2.45, 2.75) is 6.92 Å². The van der Waals surface area contributed by atoms with E-state index in [0.717, 1.165) is 5.56 Å². The van der Waals surface area contributed by atoms with Crippen LogP contribution in [0, 0.1) is 10.5 Å². The summed E-state index contributed by atoms with van der Waals surface area (Å²) in [4.78, 5) is 10.6. The monoisotopic (exact) mass is 278 g/mol. The number of benzene rings is 1. The molecule has 0 saturated carbocycles. The van der Waals surface area contributed by atoms with E-state index < -0.39 is 27.2 Å². The second kappa shape index (κ2) is 3.75. The molecule has 4 heteroatoms. The Morgan fingerprint density at radius 1 is 1.50 bits per heavy atom. The maximum Gasteiger partial charge on any atom is 0.336 e. The molecule has 1 N–H and O–H groups in total. The maximum absolute atomic E-state index is 10.7. The Balaban J connectivity index is 3.29. The van der Waals surface area contributed by atoms with Gasteiger partial charge in [0.15, 0.2) is 21.2 Å². The minimum Gasteiger partial charge on any atom is -0.478 e. The van der Waals surface area contributed by atoms with E-state index in [9.17, 15) is 7.86 Å². The third kappa shape index (κ3) is 1.88. The van der Waals surface area contributed by atoms with Crippen LogP contribution in [0.2, 0.25) is 0 Å². The van der Waals surface area contributed by atoms with Crippen LogP contribution in [-0.2, 0) is 3.07 Å². The van der Waals surface area contributed by atoms with E-state index in [1.165, 1.54) is 6.07 Å². The van der Waals surface area contributed by atoms with Gasteiger partial charge in [-0.3, -0.25) is 3.07 Å². The predicted octanol–water partition coefficient (Wildman–Crippen LogP) is 2.18. The molecule has 0 aliphatic heterocycles. The standard InChI is InChI=1S/C8H7IO3/c1-5-2-3-6(8(10)11)7(4-5)9-12/h2-4H,1H3,(H,10,11). The van der Waals surface area contributed by atoms with Crippen molar-refractivity contribution in [3.63, 3.8) is 0 Å². The third-order valence-electron chi connectivity index (χ3n) is 1.44. The zero-order valence-corrected chi connectivity index (χ0v) is 8.53. The van der Waals surface area contributed by atoms with Crippen molar-refractivity contribution in [2.75, 3.05) is 0 Å². The molecule has 64 valence electrons. The van der Waals surface area contributed by atoms with Gasteiger partial charge in [-0.25, -0.2) is 4.79 Å². The minimum absolute atomic E-state index is 0.156. The summed E-state index contributed by atoms with van der Waals surface area (Å²) < 4.78 is 11.1. The van der Waals surface area contributed by atoms with Gasteiger partial charge in [-0.15, -0.1) is 0 Å². The van der Waals surface area contributed by atoms with Gasteiger partial charge in [0.2, 0.25) is 0 Å². The first kappa shape index (κ1) is 9.31. The van der Waals surface area contributed by atoms with Crippen molar-refractivity contribution in [3.05, 3.63) is 32.9 Å². The van der Waals surface area contributed by atoms with Crippen LogP contribution < -0.4 is 0 Å². The largest absolute Gasteiger partial charge is 0.478 e. The number of rotatable bonds is 2. The van der Waals surface area contributed by atoms with Gasteiger partial charge >= 0.3 is 5.97 Å². The molecule has 1 aromatic carbocycles. The molecule has 0 heterocycles. The highest BCUT2D eigenvalue weighted by Crippen LogP contribution is 2.17. The van der Waals surface area contributed by atoms with E-state index >= 15 is 0 Å². The first-order chi connectivity index (χ1) is 5.65. The van der Waals surface area contributed by atoms with Crippen molar-refractivity contribution >= 4 is 27.2 Å². The first-order valence-electron chi connectivity index (χ1n) is 3.26. The average Bonchev–Trinajstić information content (AvgIpc) is 2.03. The summed E-state index contributed by atoms with van der Waals surface area (Å²) in [6, 6.07) is 4.85. The highest BCUT2D eigenvalue weighted by Gasteiger charge is 2.09. The Morgan fingerprint density at radius 3 is 2.67 bits per heavy atom. The van der Waals surface area contributed by atoms with Crippen LogP contribution in [0.4, 0.5) is 0 Å². The molecule has 0 bridgehead atoms. The fourth-order valence-corrected chi connectivity index (χ4v) is 2.12. The Kier molecular flexibility index (Phi) is 2.91. The Hall–Kier alpha value is -0.780. The van der Waals surface area contributed by atoms with Gasteiger partial charge in [0, 0.05) is 0 Å². The topological polar surface area (TPSA) is 54.4 Å².